The second kappa shape index (κ2) is 5.87. The summed E-state index contributed by atoms with van der Waals surface area (Å²) in [6.07, 6.45) is 4.50. The van der Waals surface area contributed by atoms with Gasteiger partial charge in [0.25, 0.3) is 5.56 Å². The van der Waals surface area contributed by atoms with Crippen LogP contribution in [0.25, 0.3) is 15.2 Å². The maximum Gasteiger partial charge on any atom is 0.284 e. The maximum atomic E-state index is 13.0. The molecule has 0 atom stereocenters. The number of hydrogen-bond donors (Lipinski definition) is 1. The highest BCUT2D eigenvalue weighted by Gasteiger charge is 2.22. The molecular formula is C16H19N5OS2. The van der Waals surface area contributed by atoms with Crippen LogP contribution < -0.4 is 10.9 Å². The summed E-state index contributed by atoms with van der Waals surface area (Å²) < 4.78 is 1.53. The molecule has 1 aliphatic carbocycles. The molecule has 3 aromatic rings. The number of piperazine rings is 1. The molecule has 0 amide bonds. The minimum atomic E-state index is 0.0252. The third kappa shape index (κ3) is 2.40. The summed E-state index contributed by atoms with van der Waals surface area (Å²) in [5.74, 6) is 0. The highest BCUT2D eigenvalue weighted by Crippen LogP contribution is 2.34. The maximum absolute atomic E-state index is 13.0. The van der Waals surface area contributed by atoms with Crippen LogP contribution in [0.2, 0.25) is 0 Å². The number of thiophene rings is 1. The fraction of sp³-hybridized carbons (Fsp3) is 0.562. The number of nitrogens with one attached hydrogen (secondary N) is 1. The van der Waals surface area contributed by atoms with Crippen molar-refractivity contribution in [2.75, 3.05) is 26.2 Å². The van der Waals surface area contributed by atoms with Crippen molar-refractivity contribution in [2.45, 2.75) is 32.2 Å². The van der Waals surface area contributed by atoms with Crippen LogP contribution in [-0.4, -0.2) is 45.7 Å². The summed E-state index contributed by atoms with van der Waals surface area (Å²) in [7, 11) is 0. The number of rotatable bonds is 2. The molecule has 1 N–H and O–H groups in total. The lowest BCUT2D eigenvalue weighted by molar-refractivity contribution is 0.232. The molecule has 0 aromatic carbocycles. The molecule has 3 aromatic heterocycles. The van der Waals surface area contributed by atoms with E-state index in [9.17, 15) is 4.79 Å². The van der Waals surface area contributed by atoms with Crippen LogP contribution in [0.3, 0.4) is 0 Å². The van der Waals surface area contributed by atoms with Gasteiger partial charge >= 0.3 is 0 Å². The van der Waals surface area contributed by atoms with Gasteiger partial charge in [0.2, 0.25) is 4.96 Å². The Labute approximate surface area is 147 Å². The van der Waals surface area contributed by atoms with E-state index in [0.29, 0.717) is 0 Å². The fourth-order valence-electron chi connectivity index (χ4n) is 3.69. The van der Waals surface area contributed by atoms with E-state index >= 15 is 0 Å². The average molecular weight is 361 g/mol. The van der Waals surface area contributed by atoms with E-state index in [1.807, 2.05) is 0 Å². The van der Waals surface area contributed by atoms with E-state index in [4.69, 9.17) is 4.98 Å². The first-order valence-corrected chi connectivity index (χ1v) is 10.2. The average Bonchev–Trinajstić information content (AvgIpc) is 3.17. The molecule has 2 aliphatic rings. The lowest BCUT2D eigenvalue weighted by Gasteiger charge is -2.25. The van der Waals surface area contributed by atoms with Crippen molar-refractivity contribution in [3.8, 4) is 0 Å². The minimum Gasteiger partial charge on any atom is -0.314 e. The Morgan fingerprint density at radius 2 is 1.96 bits per heavy atom. The summed E-state index contributed by atoms with van der Waals surface area (Å²) in [4.78, 5) is 23.1. The van der Waals surface area contributed by atoms with Gasteiger partial charge in [-0.2, -0.15) is 9.61 Å². The number of aromatic nitrogens is 3. The van der Waals surface area contributed by atoms with Crippen LogP contribution >= 0.6 is 22.7 Å². The predicted octanol–water partition coefficient (Wildman–Crippen LogP) is 1.65. The lowest BCUT2D eigenvalue weighted by Crippen LogP contribution is -2.42. The molecule has 1 saturated heterocycles. The van der Waals surface area contributed by atoms with Crippen molar-refractivity contribution in [3.05, 3.63) is 25.8 Å². The molecule has 0 radical (unpaired) electrons. The molecule has 126 valence electrons. The van der Waals surface area contributed by atoms with Gasteiger partial charge in [-0.15, -0.1) is 11.3 Å². The van der Waals surface area contributed by atoms with Gasteiger partial charge in [-0.3, -0.25) is 9.69 Å². The van der Waals surface area contributed by atoms with Crippen molar-refractivity contribution < 1.29 is 0 Å². The van der Waals surface area contributed by atoms with Crippen LogP contribution in [0.1, 0.15) is 28.3 Å². The highest BCUT2D eigenvalue weighted by atomic mass is 32.1. The van der Waals surface area contributed by atoms with Crippen molar-refractivity contribution in [1.29, 1.82) is 0 Å². The molecule has 5 rings (SSSR count). The van der Waals surface area contributed by atoms with Gasteiger partial charge < -0.3 is 5.32 Å². The van der Waals surface area contributed by atoms with Gasteiger partial charge in [-0.25, -0.2) is 4.98 Å². The van der Waals surface area contributed by atoms with Crippen molar-refractivity contribution in [2.24, 2.45) is 0 Å². The second-order valence-electron chi connectivity index (χ2n) is 6.52. The van der Waals surface area contributed by atoms with Crippen LogP contribution in [0, 0.1) is 0 Å². The SMILES string of the molecule is O=c1c2c3c(sc2nc2sc(CN4CCNCC4)nn12)CCCC3. The van der Waals surface area contributed by atoms with Gasteiger partial charge in [0.05, 0.1) is 11.9 Å². The number of aryl methyl sites for hydroxylation is 2. The van der Waals surface area contributed by atoms with Crippen molar-refractivity contribution in [1.82, 2.24) is 24.8 Å². The van der Waals surface area contributed by atoms with Gasteiger partial charge in [-0.05, 0) is 31.2 Å². The number of hydrogen-bond acceptors (Lipinski definition) is 7. The van der Waals surface area contributed by atoms with Crippen LogP contribution in [0.15, 0.2) is 4.79 Å². The zero-order chi connectivity index (χ0) is 16.1. The van der Waals surface area contributed by atoms with Gasteiger partial charge in [0.1, 0.15) is 9.84 Å². The molecule has 0 unspecified atom stereocenters. The Morgan fingerprint density at radius 1 is 1.12 bits per heavy atom. The second-order valence-corrected chi connectivity index (χ2v) is 8.65. The Balaban J connectivity index is 1.59. The van der Waals surface area contributed by atoms with Gasteiger partial charge in [0, 0.05) is 31.1 Å². The summed E-state index contributed by atoms with van der Waals surface area (Å²) >= 11 is 3.26. The molecule has 4 heterocycles. The summed E-state index contributed by atoms with van der Waals surface area (Å²) in [5.41, 5.74) is 1.27. The van der Waals surface area contributed by atoms with Crippen LogP contribution in [0.4, 0.5) is 0 Å². The number of fused-ring (bicyclic) bond motifs is 4. The van der Waals surface area contributed by atoms with Gasteiger partial charge in [0.15, 0.2) is 0 Å². The Hall–Kier alpha value is -1.35. The minimum absolute atomic E-state index is 0.0252. The first-order valence-electron chi connectivity index (χ1n) is 8.56. The van der Waals surface area contributed by atoms with E-state index in [2.05, 4.69) is 15.3 Å². The molecule has 0 saturated carbocycles. The van der Waals surface area contributed by atoms with E-state index in [1.54, 1.807) is 22.7 Å². The Kier molecular flexibility index (Phi) is 3.66. The number of nitrogens with zero attached hydrogens (tertiary/aromatic N) is 4. The first-order chi connectivity index (χ1) is 11.8. The van der Waals surface area contributed by atoms with E-state index in [0.717, 1.165) is 65.8 Å². The highest BCUT2D eigenvalue weighted by molar-refractivity contribution is 7.19. The molecular weight excluding hydrogens is 342 g/mol. The molecule has 0 spiro atoms. The van der Waals surface area contributed by atoms with Crippen molar-refractivity contribution in [3.63, 3.8) is 0 Å². The molecule has 1 aliphatic heterocycles. The quantitative estimate of drug-likeness (QED) is 0.752. The first kappa shape index (κ1) is 14.9. The normalized spacial score (nSPS) is 19.2. The zero-order valence-electron chi connectivity index (χ0n) is 13.4. The Morgan fingerprint density at radius 3 is 2.83 bits per heavy atom. The zero-order valence-corrected chi connectivity index (χ0v) is 15.0. The molecule has 24 heavy (non-hydrogen) atoms. The smallest absolute Gasteiger partial charge is 0.284 e. The monoisotopic (exact) mass is 361 g/mol. The van der Waals surface area contributed by atoms with Crippen LogP contribution in [-0.2, 0) is 19.4 Å². The molecule has 1 fully saturated rings. The van der Waals surface area contributed by atoms with E-state index < -0.39 is 0 Å². The summed E-state index contributed by atoms with van der Waals surface area (Å²) in [6, 6.07) is 0. The Bertz CT molecular complexity index is 966. The molecule has 0 bridgehead atoms. The van der Waals surface area contributed by atoms with Gasteiger partial charge in [-0.1, -0.05) is 11.3 Å². The fourth-order valence-corrected chi connectivity index (χ4v) is 5.93. The summed E-state index contributed by atoms with van der Waals surface area (Å²) in [6.45, 7) is 4.90. The molecule has 8 heteroatoms. The van der Waals surface area contributed by atoms with Crippen molar-refractivity contribution >= 4 is 37.9 Å². The van der Waals surface area contributed by atoms with E-state index in [1.165, 1.54) is 27.8 Å². The van der Waals surface area contributed by atoms with Crippen LogP contribution in [0.5, 0.6) is 0 Å². The summed E-state index contributed by atoms with van der Waals surface area (Å²) in [5, 5.41) is 9.75. The largest absolute Gasteiger partial charge is 0.314 e. The standard InChI is InChI=1S/C16H19N5OS2/c22-15-13-10-3-1-2-4-11(10)23-14(13)18-16-21(15)19-12(24-16)9-20-7-5-17-6-8-20/h17H,1-9H2. The lowest BCUT2D eigenvalue weighted by atomic mass is 9.97. The van der Waals surface area contributed by atoms with E-state index in [-0.39, 0.29) is 5.56 Å². The third-order valence-electron chi connectivity index (χ3n) is 4.93. The topological polar surface area (TPSA) is 62.5 Å². The predicted molar refractivity (Wildman–Crippen MR) is 97.3 cm³/mol. The third-order valence-corrected chi connectivity index (χ3v) is 7.01. The molecule has 6 nitrogen and oxygen atoms in total.